The average molecular weight is 211 g/mol. The third-order valence-corrected chi connectivity index (χ3v) is 2.16. The predicted octanol–water partition coefficient (Wildman–Crippen LogP) is 2.37. The lowest BCUT2D eigenvalue weighted by atomic mass is 10.1. The number of aromatic carboxylic acids is 1. The highest BCUT2D eigenvalue weighted by Crippen LogP contribution is 2.20. The highest BCUT2D eigenvalue weighted by atomic mass is 19.1. The zero-order chi connectivity index (χ0) is 11.4. The van der Waals surface area contributed by atoms with Gasteiger partial charge in [-0.2, -0.15) is 0 Å². The van der Waals surface area contributed by atoms with Crippen molar-refractivity contribution in [2.24, 2.45) is 0 Å². The van der Waals surface area contributed by atoms with Crippen LogP contribution in [0.1, 0.15) is 23.7 Å². The van der Waals surface area contributed by atoms with Gasteiger partial charge in [0.15, 0.2) is 0 Å². The van der Waals surface area contributed by atoms with Gasteiger partial charge in [-0.05, 0) is 24.6 Å². The topological polar surface area (TPSA) is 40.5 Å². The van der Waals surface area contributed by atoms with E-state index in [0.29, 0.717) is 5.69 Å². The number of hydrogen-bond acceptors (Lipinski definition) is 2. The van der Waals surface area contributed by atoms with E-state index in [1.54, 1.807) is 7.05 Å². The molecule has 0 aliphatic heterocycles. The van der Waals surface area contributed by atoms with Gasteiger partial charge in [0, 0.05) is 13.6 Å². The maximum absolute atomic E-state index is 12.9. The van der Waals surface area contributed by atoms with Gasteiger partial charge < -0.3 is 10.0 Å². The Hall–Kier alpha value is -1.58. The van der Waals surface area contributed by atoms with Gasteiger partial charge >= 0.3 is 5.97 Å². The van der Waals surface area contributed by atoms with Gasteiger partial charge in [0.05, 0.1) is 11.3 Å². The minimum absolute atomic E-state index is 0.00551. The van der Waals surface area contributed by atoms with Crippen LogP contribution in [0.4, 0.5) is 10.1 Å². The van der Waals surface area contributed by atoms with Crippen LogP contribution >= 0.6 is 0 Å². The molecule has 0 radical (unpaired) electrons. The molecular formula is C11H14FNO2. The van der Waals surface area contributed by atoms with Crippen molar-refractivity contribution in [2.45, 2.75) is 13.3 Å². The molecule has 0 unspecified atom stereocenters. The summed E-state index contributed by atoms with van der Waals surface area (Å²) in [5.74, 6) is -1.63. The van der Waals surface area contributed by atoms with Crippen molar-refractivity contribution in [1.29, 1.82) is 0 Å². The molecule has 0 spiro atoms. The van der Waals surface area contributed by atoms with Gasteiger partial charge in [-0.15, -0.1) is 0 Å². The Morgan fingerprint density at radius 3 is 2.73 bits per heavy atom. The van der Waals surface area contributed by atoms with E-state index in [0.717, 1.165) is 19.0 Å². The van der Waals surface area contributed by atoms with Crippen molar-refractivity contribution in [3.63, 3.8) is 0 Å². The first-order valence-electron chi connectivity index (χ1n) is 4.80. The van der Waals surface area contributed by atoms with E-state index in [1.807, 2.05) is 11.8 Å². The number of rotatable bonds is 4. The lowest BCUT2D eigenvalue weighted by molar-refractivity contribution is 0.0697. The van der Waals surface area contributed by atoms with Crippen LogP contribution in [0, 0.1) is 5.82 Å². The molecule has 15 heavy (non-hydrogen) atoms. The fourth-order valence-electron chi connectivity index (χ4n) is 1.47. The molecule has 0 heterocycles. The van der Waals surface area contributed by atoms with E-state index in [2.05, 4.69) is 0 Å². The number of halogens is 1. The molecule has 0 aliphatic carbocycles. The summed E-state index contributed by atoms with van der Waals surface area (Å²) in [6, 6.07) is 3.81. The standard InChI is InChI=1S/C11H14FNO2/c1-3-6-13(2)10-5-4-8(12)7-9(10)11(14)15/h4-5,7H,3,6H2,1-2H3,(H,14,15). The number of carboxylic acid groups (broad SMARTS) is 1. The minimum atomic E-state index is -1.10. The van der Waals surface area contributed by atoms with Gasteiger partial charge in [0.25, 0.3) is 0 Å². The summed E-state index contributed by atoms with van der Waals surface area (Å²) in [4.78, 5) is 12.7. The third-order valence-electron chi connectivity index (χ3n) is 2.16. The van der Waals surface area contributed by atoms with Crippen molar-refractivity contribution in [2.75, 3.05) is 18.5 Å². The molecule has 3 nitrogen and oxygen atoms in total. The summed E-state index contributed by atoms with van der Waals surface area (Å²) in [5.41, 5.74) is 0.553. The maximum atomic E-state index is 12.9. The molecule has 0 fully saturated rings. The van der Waals surface area contributed by atoms with Gasteiger partial charge in [-0.25, -0.2) is 9.18 Å². The van der Waals surface area contributed by atoms with Gasteiger partial charge in [-0.3, -0.25) is 0 Å². The first kappa shape index (κ1) is 11.5. The van der Waals surface area contributed by atoms with Crippen LogP contribution in [0.5, 0.6) is 0 Å². The molecule has 4 heteroatoms. The Balaban J connectivity index is 3.10. The molecule has 0 aliphatic rings. The molecule has 0 aromatic heterocycles. The van der Waals surface area contributed by atoms with Gasteiger partial charge in [-0.1, -0.05) is 6.92 Å². The average Bonchev–Trinajstić information content (AvgIpc) is 2.17. The minimum Gasteiger partial charge on any atom is -0.478 e. The molecule has 82 valence electrons. The van der Waals surface area contributed by atoms with Crippen LogP contribution in [-0.2, 0) is 0 Å². The number of hydrogen-bond donors (Lipinski definition) is 1. The Bertz CT molecular complexity index is 366. The number of carbonyl (C=O) groups is 1. The van der Waals surface area contributed by atoms with Crippen molar-refractivity contribution in [3.8, 4) is 0 Å². The van der Waals surface area contributed by atoms with E-state index in [9.17, 15) is 9.18 Å². The highest BCUT2D eigenvalue weighted by molar-refractivity contribution is 5.94. The highest BCUT2D eigenvalue weighted by Gasteiger charge is 2.13. The molecule has 1 rings (SSSR count). The van der Waals surface area contributed by atoms with E-state index >= 15 is 0 Å². The Morgan fingerprint density at radius 1 is 1.53 bits per heavy atom. The van der Waals surface area contributed by atoms with E-state index in [-0.39, 0.29) is 5.56 Å². The zero-order valence-electron chi connectivity index (χ0n) is 8.83. The summed E-state index contributed by atoms with van der Waals surface area (Å²) in [7, 11) is 1.79. The second-order valence-electron chi connectivity index (χ2n) is 3.39. The molecule has 1 aromatic carbocycles. The number of benzene rings is 1. The SMILES string of the molecule is CCCN(C)c1ccc(F)cc1C(=O)O. The summed E-state index contributed by atoms with van der Waals surface area (Å²) >= 11 is 0. The maximum Gasteiger partial charge on any atom is 0.337 e. The normalized spacial score (nSPS) is 10.1. The number of carboxylic acids is 1. The van der Waals surface area contributed by atoms with E-state index in [4.69, 9.17) is 5.11 Å². The fraction of sp³-hybridized carbons (Fsp3) is 0.364. The zero-order valence-corrected chi connectivity index (χ0v) is 8.83. The first-order valence-corrected chi connectivity index (χ1v) is 4.80. The number of nitrogens with zero attached hydrogens (tertiary/aromatic N) is 1. The summed E-state index contributed by atoms with van der Waals surface area (Å²) in [6.07, 6.45) is 0.910. The van der Waals surface area contributed by atoms with Crippen LogP contribution < -0.4 is 4.90 Å². The number of anilines is 1. The Labute approximate surface area is 88.1 Å². The largest absolute Gasteiger partial charge is 0.478 e. The third kappa shape index (κ3) is 2.68. The Kier molecular flexibility index (Phi) is 3.66. The quantitative estimate of drug-likeness (QED) is 0.831. The predicted molar refractivity (Wildman–Crippen MR) is 56.9 cm³/mol. The molecule has 1 N–H and O–H groups in total. The van der Waals surface area contributed by atoms with Crippen molar-refractivity contribution in [3.05, 3.63) is 29.6 Å². The lowest BCUT2D eigenvalue weighted by Gasteiger charge is -2.20. The molecule has 0 saturated carbocycles. The van der Waals surface area contributed by atoms with E-state index in [1.165, 1.54) is 12.1 Å². The van der Waals surface area contributed by atoms with Gasteiger partial charge in [0.1, 0.15) is 5.82 Å². The molecule has 0 amide bonds. The second-order valence-corrected chi connectivity index (χ2v) is 3.39. The molecule has 0 bridgehead atoms. The first-order chi connectivity index (χ1) is 7.06. The Morgan fingerprint density at radius 2 is 2.20 bits per heavy atom. The van der Waals surface area contributed by atoms with Crippen LogP contribution in [0.2, 0.25) is 0 Å². The molecule has 0 atom stereocenters. The van der Waals surface area contributed by atoms with Crippen LogP contribution in [-0.4, -0.2) is 24.7 Å². The van der Waals surface area contributed by atoms with Crippen molar-refractivity contribution in [1.82, 2.24) is 0 Å². The van der Waals surface area contributed by atoms with Crippen LogP contribution in [0.15, 0.2) is 18.2 Å². The summed E-state index contributed by atoms with van der Waals surface area (Å²) < 4.78 is 12.9. The van der Waals surface area contributed by atoms with Crippen molar-refractivity contribution >= 4 is 11.7 Å². The molecule has 0 saturated heterocycles. The summed E-state index contributed by atoms with van der Waals surface area (Å²) in [6.45, 7) is 2.74. The monoisotopic (exact) mass is 211 g/mol. The van der Waals surface area contributed by atoms with Gasteiger partial charge in [0.2, 0.25) is 0 Å². The lowest BCUT2D eigenvalue weighted by Crippen LogP contribution is -2.20. The van der Waals surface area contributed by atoms with E-state index < -0.39 is 11.8 Å². The van der Waals surface area contributed by atoms with Crippen molar-refractivity contribution < 1.29 is 14.3 Å². The second kappa shape index (κ2) is 4.77. The molecular weight excluding hydrogens is 197 g/mol. The van der Waals surface area contributed by atoms with Crippen LogP contribution in [0.25, 0.3) is 0 Å². The van der Waals surface area contributed by atoms with Crippen LogP contribution in [0.3, 0.4) is 0 Å². The molecule has 1 aromatic rings. The fourth-order valence-corrected chi connectivity index (χ4v) is 1.47. The summed E-state index contributed by atoms with van der Waals surface area (Å²) in [5, 5.41) is 8.91. The smallest absolute Gasteiger partial charge is 0.337 e.